The van der Waals surface area contributed by atoms with Gasteiger partial charge in [-0.25, -0.2) is 14.8 Å². The second-order valence-corrected chi connectivity index (χ2v) is 10.1. The van der Waals surface area contributed by atoms with Crippen molar-refractivity contribution in [1.82, 2.24) is 15.3 Å². The van der Waals surface area contributed by atoms with Crippen LogP contribution in [-0.2, 0) is 9.53 Å². The number of esters is 1. The topological polar surface area (TPSA) is 93.2 Å². The monoisotopic (exact) mass is 504 g/mol. The molecule has 9 heteroatoms. The summed E-state index contributed by atoms with van der Waals surface area (Å²) in [6.45, 7) is 3.92. The molecular weight excluding hydrogens is 480 g/mol. The van der Waals surface area contributed by atoms with Crippen LogP contribution in [0.4, 0.5) is 9.80 Å². The van der Waals surface area contributed by atoms with Crippen LogP contribution >= 0.6 is 22.7 Å². The number of thiazole rings is 2. The highest BCUT2D eigenvalue weighted by Gasteiger charge is 2.19. The number of fused-ring (bicyclic) bond motifs is 1. The standard InChI is InChI=1S/C26H24N4O3S2/c1-4-22-27-13-23(35-22)30-26(32)29-21(14-33-24(31)12-16(2)3)18-10-8-17(9-11-18)19-6-5-7-20-25(19)34-15-28-20/h1,5-11,13,15-16,21H,12,14H2,2-3H3,(H2,29,30,32)/t21-/m0/s1. The van der Waals surface area contributed by atoms with Gasteiger partial charge < -0.3 is 10.1 Å². The van der Waals surface area contributed by atoms with E-state index in [0.717, 1.165) is 26.9 Å². The first-order valence-corrected chi connectivity index (χ1v) is 12.7. The summed E-state index contributed by atoms with van der Waals surface area (Å²) >= 11 is 2.80. The number of nitrogens with one attached hydrogen (secondary N) is 2. The minimum Gasteiger partial charge on any atom is -0.463 e. The molecule has 1 atom stereocenters. The Morgan fingerprint density at radius 3 is 2.66 bits per heavy atom. The summed E-state index contributed by atoms with van der Waals surface area (Å²) in [5.41, 5.74) is 5.74. The van der Waals surface area contributed by atoms with E-state index in [1.54, 1.807) is 11.3 Å². The zero-order valence-electron chi connectivity index (χ0n) is 19.3. The Labute approximate surface area is 211 Å². The minimum absolute atomic E-state index is 0.0149. The fourth-order valence-corrected chi connectivity index (χ4v) is 4.95. The summed E-state index contributed by atoms with van der Waals surface area (Å²) in [5, 5.41) is 6.63. The van der Waals surface area contributed by atoms with E-state index in [4.69, 9.17) is 11.2 Å². The van der Waals surface area contributed by atoms with Crippen molar-refractivity contribution in [2.24, 2.45) is 5.92 Å². The zero-order chi connectivity index (χ0) is 24.8. The molecule has 2 amide bonds. The summed E-state index contributed by atoms with van der Waals surface area (Å²) in [6, 6.07) is 12.9. The largest absolute Gasteiger partial charge is 0.463 e. The van der Waals surface area contributed by atoms with Crippen LogP contribution in [0.5, 0.6) is 0 Å². The quantitative estimate of drug-likeness (QED) is 0.232. The maximum Gasteiger partial charge on any atom is 0.320 e. The first kappa shape index (κ1) is 24.4. The van der Waals surface area contributed by atoms with Gasteiger partial charge >= 0.3 is 12.0 Å². The van der Waals surface area contributed by atoms with E-state index in [0.29, 0.717) is 16.4 Å². The highest BCUT2D eigenvalue weighted by molar-refractivity contribution is 7.17. The molecule has 2 N–H and O–H groups in total. The highest BCUT2D eigenvalue weighted by Crippen LogP contribution is 2.31. The van der Waals surface area contributed by atoms with Gasteiger partial charge in [-0.2, -0.15) is 0 Å². The maximum absolute atomic E-state index is 12.7. The van der Waals surface area contributed by atoms with Crippen molar-refractivity contribution in [3.8, 4) is 23.5 Å². The van der Waals surface area contributed by atoms with E-state index in [1.165, 1.54) is 17.5 Å². The van der Waals surface area contributed by atoms with E-state index in [9.17, 15) is 9.59 Å². The van der Waals surface area contributed by atoms with Crippen molar-refractivity contribution in [1.29, 1.82) is 0 Å². The average molecular weight is 505 g/mol. The number of aromatic nitrogens is 2. The molecule has 0 unspecified atom stereocenters. The molecule has 0 aliphatic rings. The Kier molecular flexibility index (Phi) is 7.75. The lowest BCUT2D eigenvalue weighted by atomic mass is 10.0. The third-order valence-corrected chi connectivity index (χ3v) is 6.86. The van der Waals surface area contributed by atoms with E-state index >= 15 is 0 Å². The number of carbonyl (C=O) groups excluding carboxylic acids is 2. The molecule has 0 saturated carbocycles. The van der Waals surface area contributed by atoms with Gasteiger partial charge in [0.2, 0.25) is 0 Å². The lowest BCUT2D eigenvalue weighted by Gasteiger charge is -2.20. The second-order valence-electron chi connectivity index (χ2n) is 8.23. The predicted octanol–water partition coefficient (Wildman–Crippen LogP) is 5.85. The molecular formula is C26H24N4O3S2. The zero-order valence-corrected chi connectivity index (χ0v) is 20.9. The molecule has 2 aromatic carbocycles. The maximum atomic E-state index is 12.7. The van der Waals surface area contributed by atoms with Gasteiger partial charge in [0.25, 0.3) is 0 Å². The Bertz CT molecular complexity index is 1370. The molecule has 0 aliphatic heterocycles. The molecule has 0 spiro atoms. The minimum atomic E-state index is -0.542. The Morgan fingerprint density at radius 2 is 1.94 bits per heavy atom. The number of hydrogen-bond acceptors (Lipinski definition) is 7. The SMILES string of the molecule is C#Cc1ncc(NC(=O)N[C@@H](COC(=O)CC(C)C)c2ccc(-c3cccc4ncsc34)cc2)s1. The number of benzene rings is 2. The molecule has 2 heterocycles. The van der Waals surface area contributed by atoms with Crippen LogP contribution < -0.4 is 10.6 Å². The second kappa shape index (κ2) is 11.1. The van der Waals surface area contributed by atoms with E-state index in [2.05, 4.69) is 32.6 Å². The van der Waals surface area contributed by atoms with Gasteiger partial charge in [0, 0.05) is 12.0 Å². The predicted molar refractivity (Wildman–Crippen MR) is 140 cm³/mol. The van der Waals surface area contributed by atoms with Crippen molar-refractivity contribution >= 4 is 49.9 Å². The number of terminal acetylenes is 1. The molecule has 0 aliphatic carbocycles. The number of carbonyl (C=O) groups is 2. The molecule has 0 fully saturated rings. The van der Waals surface area contributed by atoms with Crippen LogP contribution in [0.25, 0.3) is 21.3 Å². The fraction of sp³-hybridized carbons (Fsp3) is 0.231. The van der Waals surface area contributed by atoms with Crippen LogP contribution in [0.1, 0.15) is 36.9 Å². The van der Waals surface area contributed by atoms with Crippen LogP contribution in [0.15, 0.2) is 54.2 Å². The summed E-state index contributed by atoms with van der Waals surface area (Å²) < 4.78 is 6.60. The van der Waals surface area contributed by atoms with Gasteiger partial charge in [-0.3, -0.25) is 10.1 Å². The number of anilines is 1. The molecule has 178 valence electrons. The number of hydrogen-bond donors (Lipinski definition) is 2. The van der Waals surface area contributed by atoms with Gasteiger partial charge in [-0.05, 0) is 29.0 Å². The number of nitrogens with zero attached hydrogens (tertiary/aromatic N) is 2. The average Bonchev–Trinajstić information content (AvgIpc) is 3.50. The summed E-state index contributed by atoms with van der Waals surface area (Å²) in [6.07, 6.45) is 7.17. The van der Waals surface area contributed by atoms with Crippen LogP contribution in [-0.4, -0.2) is 28.6 Å². The summed E-state index contributed by atoms with van der Waals surface area (Å²) in [4.78, 5) is 33.3. The lowest BCUT2D eigenvalue weighted by Crippen LogP contribution is -2.35. The Morgan fingerprint density at radius 1 is 1.14 bits per heavy atom. The van der Waals surface area contributed by atoms with E-state index < -0.39 is 12.1 Å². The van der Waals surface area contributed by atoms with Gasteiger partial charge in [0.15, 0.2) is 5.01 Å². The summed E-state index contributed by atoms with van der Waals surface area (Å²) in [5.74, 6) is 2.32. The smallest absolute Gasteiger partial charge is 0.320 e. The molecule has 2 aromatic heterocycles. The van der Waals surface area contributed by atoms with Crippen LogP contribution in [0, 0.1) is 18.3 Å². The highest BCUT2D eigenvalue weighted by atomic mass is 32.1. The molecule has 0 bridgehead atoms. The van der Waals surface area contributed by atoms with Gasteiger partial charge in [0.1, 0.15) is 11.6 Å². The van der Waals surface area contributed by atoms with Crippen molar-refractivity contribution in [2.45, 2.75) is 26.3 Å². The fourth-order valence-electron chi connectivity index (χ4n) is 3.50. The van der Waals surface area contributed by atoms with E-state index in [1.807, 2.05) is 55.8 Å². The third-order valence-electron chi connectivity index (χ3n) is 5.14. The van der Waals surface area contributed by atoms with Gasteiger partial charge in [0.05, 0.1) is 28.0 Å². The first-order chi connectivity index (χ1) is 16.9. The molecule has 7 nitrogen and oxygen atoms in total. The molecule has 0 saturated heterocycles. The Balaban J connectivity index is 1.52. The number of amides is 2. The first-order valence-electron chi connectivity index (χ1n) is 11.0. The van der Waals surface area contributed by atoms with Crippen molar-refractivity contribution in [3.63, 3.8) is 0 Å². The van der Waals surface area contributed by atoms with Gasteiger partial charge in [-0.15, -0.1) is 17.8 Å². The Hall–Kier alpha value is -3.74. The van der Waals surface area contributed by atoms with Crippen molar-refractivity contribution in [2.75, 3.05) is 11.9 Å². The molecule has 4 rings (SSSR count). The van der Waals surface area contributed by atoms with Crippen molar-refractivity contribution in [3.05, 3.63) is 64.7 Å². The summed E-state index contributed by atoms with van der Waals surface area (Å²) in [7, 11) is 0. The molecule has 35 heavy (non-hydrogen) atoms. The third kappa shape index (κ3) is 6.23. The normalized spacial score (nSPS) is 11.7. The lowest BCUT2D eigenvalue weighted by molar-refractivity contribution is -0.145. The molecule has 4 aromatic rings. The van der Waals surface area contributed by atoms with Crippen molar-refractivity contribution < 1.29 is 14.3 Å². The molecule has 0 radical (unpaired) electrons. The van der Waals surface area contributed by atoms with Gasteiger partial charge in [-0.1, -0.05) is 61.6 Å². The number of ether oxygens (including phenoxy) is 1. The van der Waals surface area contributed by atoms with E-state index in [-0.39, 0.29) is 18.5 Å². The number of urea groups is 1. The van der Waals surface area contributed by atoms with Crippen LogP contribution in [0.2, 0.25) is 0 Å². The number of rotatable bonds is 8. The van der Waals surface area contributed by atoms with Crippen LogP contribution in [0.3, 0.4) is 0 Å².